The Morgan fingerprint density at radius 1 is 1.28 bits per heavy atom. The van der Waals surface area contributed by atoms with Crippen LogP contribution in [0.3, 0.4) is 0 Å². The summed E-state index contributed by atoms with van der Waals surface area (Å²) in [4.78, 5) is 6.57. The zero-order valence-corrected chi connectivity index (χ0v) is 12.7. The molecule has 1 aliphatic heterocycles. The molecule has 2 atom stereocenters. The summed E-state index contributed by atoms with van der Waals surface area (Å²) in [5.74, 6) is 1.32. The van der Waals surface area contributed by atoms with E-state index in [1.165, 1.54) is 55.0 Å². The topological polar surface area (TPSA) is 24.9 Å². The molecule has 1 aliphatic carbocycles. The van der Waals surface area contributed by atoms with Crippen molar-refractivity contribution in [2.24, 2.45) is 0 Å². The second-order valence-corrected chi connectivity index (χ2v) is 7.64. The minimum atomic E-state index is 0.525. The minimum absolute atomic E-state index is 0.525. The molecule has 2 heterocycles. The first kappa shape index (κ1) is 12.9. The van der Waals surface area contributed by atoms with E-state index in [0.29, 0.717) is 11.3 Å². The number of nitrogens with zero attached hydrogens (tertiary/aromatic N) is 1. The zero-order chi connectivity index (χ0) is 12.4. The van der Waals surface area contributed by atoms with Crippen LogP contribution in [0.4, 0.5) is 0 Å². The number of rotatable bonds is 3. The first-order chi connectivity index (χ1) is 8.88. The average molecular weight is 282 g/mol. The molecular weight excluding hydrogens is 260 g/mol. The summed E-state index contributed by atoms with van der Waals surface area (Å²) in [7, 11) is 0. The fourth-order valence-corrected chi connectivity index (χ4v) is 5.67. The lowest BCUT2D eigenvalue weighted by Gasteiger charge is -2.21. The van der Waals surface area contributed by atoms with E-state index in [9.17, 15) is 0 Å². The first-order valence-electron chi connectivity index (χ1n) is 7.23. The Kier molecular flexibility index (Phi) is 4.27. The van der Waals surface area contributed by atoms with Gasteiger partial charge in [-0.3, -0.25) is 0 Å². The first-order valence-corrected chi connectivity index (χ1v) is 9.09. The number of thioether (sulfide) groups is 1. The fraction of sp³-hybridized carbons (Fsp3) is 0.786. The van der Waals surface area contributed by atoms with Crippen molar-refractivity contribution < 1.29 is 0 Å². The van der Waals surface area contributed by atoms with Crippen LogP contribution in [0.1, 0.15) is 65.9 Å². The minimum Gasteiger partial charge on any atom is -0.309 e. The molecule has 1 N–H and O–H groups in total. The lowest BCUT2D eigenvalue weighted by molar-refractivity contribution is 0.464. The van der Waals surface area contributed by atoms with Crippen LogP contribution in [0.5, 0.6) is 0 Å². The summed E-state index contributed by atoms with van der Waals surface area (Å²) in [5, 5.41) is 5.70. The molecule has 1 saturated heterocycles. The van der Waals surface area contributed by atoms with Gasteiger partial charge >= 0.3 is 0 Å². The number of aryl methyl sites for hydroxylation is 1. The molecule has 2 aliphatic rings. The standard InChI is InChI=1S/C14H22N2S2/c1-2-15-10-6-5-8-11-13(10)16-14(18-11)12-7-3-4-9-17-12/h10,12,15H,2-9H2,1H3. The van der Waals surface area contributed by atoms with E-state index < -0.39 is 0 Å². The Hall–Kier alpha value is -0.0600. The summed E-state index contributed by atoms with van der Waals surface area (Å²) in [5.41, 5.74) is 1.38. The Morgan fingerprint density at radius 3 is 3.00 bits per heavy atom. The molecule has 1 aromatic rings. The summed E-state index contributed by atoms with van der Waals surface area (Å²) in [6.45, 7) is 3.24. The third-order valence-electron chi connectivity index (χ3n) is 3.88. The molecular formula is C14H22N2S2. The monoisotopic (exact) mass is 282 g/mol. The lowest BCUT2D eigenvalue weighted by atomic mass is 9.98. The molecule has 0 spiro atoms. The van der Waals surface area contributed by atoms with Gasteiger partial charge in [-0.25, -0.2) is 4.98 Å². The molecule has 0 amide bonds. The second kappa shape index (κ2) is 5.93. The van der Waals surface area contributed by atoms with E-state index in [0.717, 1.165) is 6.54 Å². The van der Waals surface area contributed by atoms with Crippen molar-refractivity contribution >= 4 is 23.1 Å². The van der Waals surface area contributed by atoms with E-state index in [-0.39, 0.29) is 0 Å². The molecule has 3 rings (SSSR count). The van der Waals surface area contributed by atoms with Crippen LogP contribution >= 0.6 is 23.1 Å². The average Bonchev–Trinajstić information content (AvgIpc) is 2.85. The maximum Gasteiger partial charge on any atom is 0.106 e. The molecule has 2 unspecified atom stereocenters. The summed E-state index contributed by atoms with van der Waals surface area (Å²) < 4.78 is 0. The van der Waals surface area contributed by atoms with Crippen molar-refractivity contribution in [2.45, 2.75) is 56.7 Å². The summed E-state index contributed by atoms with van der Waals surface area (Å²) in [6, 6.07) is 0.525. The zero-order valence-electron chi connectivity index (χ0n) is 11.1. The number of thiazole rings is 1. The lowest BCUT2D eigenvalue weighted by Crippen LogP contribution is -2.24. The highest BCUT2D eigenvalue weighted by molar-refractivity contribution is 7.99. The normalized spacial score (nSPS) is 28.1. The highest BCUT2D eigenvalue weighted by Crippen LogP contribution is 2.43. The van der Waals surface area contributed by atoms with Gasteiger partial charge < -0.3 is 5.32 Å². The van der Waals surface area contributed by atoms with Crippen LogP contribution in [0.25, 0.3) is 0 Å². The number of fused-ring (bicyclic) bond motifs is 1. The maximum absolute atomic E-state index is 5.01. The van der Waals surface area contributed by atoms with Gasteiger partial charge in [0.2, 0.25) is 0 Å². The van der Waals surface area contributed by atoms with E-state index in [2.05, 4.69) is 24.0 Å². The summed E-state index contributed by atoms with van der Waals surface area (Å²) in [6.07, 6.45) is 7.96. The predicted molar refractivity (Wildman–Crippen MR) is 80.5 cm³/mol. The number of hydrogen-bond acceptors (Lipinski definition) is 4. The Bertz CT molecular complexity index is 396. The van der Waals surface area contributed by atoms with Crippen molar-refractivity contribution in [2.75, 3.05) is 12.3 Å². The molecule has 0 saturated carbocycles. The fourth-order valence-electron chi connectivity index (χ4n) is 2.96. The molecule has 0 radical (unpaired) electrons. The van der Waals surface area contributed by atoms with Crippen LogP contribution in [-0.2, 0) is 6.42 Å². The molecule has 0 bridgehead atoms. The largest absolute Gasteiger partial charge is 0.309 e. The molecule has 1 fully saturated rings. The van der Waals surface area contributed by atoms with Gasteiger partial charge in [-0.05, 0) is 44.4 Å². The predicted octanol–water partition coefficient (Wildman–Crippen LogP) is 4.09. The second-order valence-electron chi connectivity index (χ2n) is 5.22. The van der Waals surface area contributed by atoms with E-state index in [4.69, 9.17) is 4.98 Å². The Morgan fingerprint density at radius 2 is 2.22 bits per heavy atom. The van der Waals surface area contributed by atoms with E-state index >= 15 is 0 Å². The Labute approximate surface area is 118 Å². The van der Waals surface area contributed by atoms with Gasteiger partial charge in [0, 0.05) is 4.88 Å². The van der Waals surface area contributed by atoms with E-state index in [1.54, 1.807) is 4.88 Å². The van der Waals surface area contributed by atoms with Gasteiger partial charge in [0.05, 0.1) is 17.0 Å². The third-order valence-corrected chi connectivity index (χ3v) is 6.66. The van der Waals surface area contributed by atoms with Crippen LogP contribution in [0.2, 0.25) is 0 Å². The molecule has 0 aromatic carbocycles. The molecule has 2 nitrogen and oxygen atoms in total. The van der Waals surface area contributed by atoms with Crippen molar-refractivity contribution in [1.82, 2.24) is 10.3 Å². The van der Waals surface area contributed by atoms with Crippen LogP contribution < -0.4 is 5.32 Å². The Balaban J connectivity index is 1.81. The van der Waals surface area contributed by atoms with Gasteiger partial charge in [-0.15, -0.1) is 11.3 Å². The quantitative estimate of drug-likeness (QED) is 0.904. The maximum atomic E-state index is 5.01. The number of nitrogens with one attached hydrogen (secondary N) is 1. The summed E-state index contributed by atoms with van der Waals surface area (Å²) >= 11 is 4.12. The highest BCUT2D eigenvalue weighted by Gasteiger charge is 2.27. The SMILES string of the molecule is CCNC1CCCc2sc(C3CCCCS3)nc21. The van der Waals surface area contributed by atoms with Crippen molar-refractivity contribution in [3.63, 3.8) is 0 Å². The third kappa shape index (κ3) is 2.61. The van der Waals surface area contributed by atoms with Gasteiger partial charge in [0.1, 0.15) is 5.01 Å². The molecule has 1 aromatic heterocycles. The molecule has 4 heteroatoms. The molecule has 18 heavy (non-hydrogen) atoms. The van der Waals surface area contributed by atoms with Gasteiger partial charge in [-0.1, -0.05) is 13.3 Å². The van der Waals surface area contributed by atoms with Crippen LogP contribution in [0, 0.1) is 0 Å². The number of aromatic nitrogens is 1. The smallest absolute Gasteiger partial charge is 0.106 e. The molecule has 100 valence electrons. The highest BCUT2D eigenvalue weighted by atomic mass is 32.2. The van der Waals surface area contributed by atoms with Gasteiger partial charge in [0.25, 0.3) is 0 Å². The van der Waals surface area contributed by atoms with Crippen molar-refractivity contribution in [3.8, 4) is 0 Å². The van der Waals surface area contributed by atoms with Crippen molar-refractivity contribution in [1.29, 1.82) is 0 Å². The van der Waals surface area contributed by atoms with Gasteiger partial charge in [0.15, 0.2) is 0 Å². The van der Waals surface area contributed by atoms with E-state index in [1.807, 2.05) is 11.3 Å². The number of hydrogen-bond donors (Lipinski definition) is 1. The van der Waals surface area contributed by atoms with Crippen LogP contribution in [-0.4, -0.2) is 17.3 Å². The van der Waals surface area contributed by atoms with Crippen LogP contribution in [0.15, 0.2) is 0 Å². The van der Waals surface area contributed by atoms with Crippen molar-refractivity contribution in [3.05, 3.63) is 15.6 Å². The van der Waals surface area contributed by atoms with Gasteiger partial charge in [-0.2, -0.15) is 11.8 Å².